The second kappa shape index (κ2) is 4.68. The molecular weight excluding hydrogens is 220 g/mol. The molecule has 0 fully saturated rings. The van der Waals surface area contributed by atoms with Crippen LogP contribution in [0.5, 0.6) is 0 Å². The third kappa shape index (κ3) is 1.92. The summed E-state index contributed by atoms with van der Waals surface area (Å²) < 4.78 is 5.64. The third-order valence-corrected chi connectivity index (χ3v) is 3.35. The van der Waals surface area contributed by atoms with Gasteiger partial charge in [0.25, 0.3) is 0 Å². The summed E-state index contributed by atoms with van der Waals surface area (Å²) >= 11 is 0. The second-order valence-corrected chi connectivity index (χ2v) is 4.42. The Balaban J connectivity index is 2.19. The summed E-state index contributed by atoms with van der Waals surface area (Å²) in [6, 6.07) is 16.5. The Bertz CT molecular complexity index is 631. The molecule has 3 rings (SSSR count). The lowest BCUT2D eigenvalue weighted by atomic mass is 9.92. The molecular formula is C17H14O. The molecule has 0 aromatic heterocycles. The summed E-state index contributed by atoms with van der Waals surface area (Å²) in [5.41, 5.74) is 4.61. The molecule has 0 heterocycles. The van der Waals surface area contributed by atoms with Crippen molar-refractivity contribution >= 4 is 0 Å². The fourth-order valence-electron chi connectivity index (χ4n) is 2.37. The summed E-state index contributed by atoms with van der Waals surface area (Å²) in [5, 5.41) is 0. The summed E-state index contributed by atoms with van der Waals surface area (Å²) in [6.07, 6.45) is 0.954. The van der Waals surface area contributed by atoms with Crippen LogP contribution in [0.1, 0.15) is 28.4 Å². The zero-order valence-electron chi connectivity index (χ0n) is 10.3. The smallest absolute Gasteiger partial charge is 0.0873 e. The molecule has 1 aliphatic carbocycles. The van der Waals surface area contributed by atoms with Gasteiger partial charge >= 0.3 is 0 Å². The van der Waals surface area contributed by atoms with E-state index in [1.807, 2.05) is 18.2 Å². The first-order valence-corrected chi connectivity index (χ1v) is 6.10. The maximum absolute atomic E-state index is 5.64. The van der Waals surface area contributed by atoms with Crippen LogP contribution in [-0.2, 0) is 11.2 Å². The molecule has 0 aliphatic heterocycles. The molecule has 88 valence electrons. The van der Waals surface area contributed by atoms with Gasteiger partial charge in [0.05, 0.1) is 6.10 Å². The van der Waals surface area contributed by atoms with Crippen molar-refractivity contribution in [1.29, 1.82) is 0 Å². The standard InChI is InChI=1S/C17H14O/c1-18-17-12-15-8-3-2-6-13(15)10-11-14-7-4-5-9-16(14)17/h2-9,17H,12H2,1H3. The van der Waals surface area contributed by atoms with Crippen LogP contribution >= 0.6 is 0 Å². The Kier molecular flexibility index (Phi) is 2.88. The first-order valence-electron chi connectivity index (χ1n) is 6.10. The van der Waals surface area contributed by atoms with Crippen LogP contribution in [0, 0.1) is 11.8 Å². The first-order chi connectivity index (χ1) is 8.88. The minimum absolute atomic E-state index is 0.0805. The van der Waals surface area contributed by atoms with Crippen LogP contribution in [0.15, 0.2) is 48.5 Å². The number of methoxy groups -OCH3 is 1. The van der Waals surface area contributed by atoms with Gasteiger partial charge in [-0.2, -0.15) is 0 Å². The SMILES string of the molecule is COC1Cc2ccccc2C#Cc2ccccc21. The summed E-state index contributed by atoms with van der Waals surface area (Å²) in [4.78, 5) is 0. The van der Waals surface area contributed by atoms with Crippen molar-refractivity contribution < 1.29 is 4.74 Å². The summed E-state index contributed by atoms with van der Waals surface area (Å²) in [6.45, 7) is 0. The lowest BCUT2D eigenvalue weighted by Gasteiger charge is -2.19. The molecule has 1 heteroatoms. The molecule has 0 saturated heterocycles. The van der Waals surface area contributed by atoms with Crippen LogP contribution in [0.3, 0.4) is 0 Å². The average Bonchev–Trinajstić information content (AvgIpc) is 2.41. The van der Waals surface area contributed by atoms with E-state index in [1.165, 1.54) is 11.1 Å². The van der Waals surface area contributed by atoms with Gasteiger partial charge in [0, 0.05) is 24.7 Å². The zero-order valence-corrected chi connectivity index (χ0v) is 10.3. The van der Waals surface area contributed by atoms with E-state index in [0.717, 1.165) is 17.5 Å². The highest BCUT2D eigenvalue weighted by atomic mass is 16.5. The van der Waals surface area contributed by atoms with Crippen LogP contribution < -0.4 is 0 Å². The number of fused-ring (bicyclic) bond motifs is 2. The fraction of sp³-hybridized carbons (Fsp3) is 0.176. The fourth-order valence-corrected chi connectivity index (χ4v) is 2.37. The van der Waals surface area contributed by atoms with E-state index < -0.39 is 0 Å². The molecule has 0 saturated carbocycles. The lowest BCUT2D eigenvalue weighted by molar-refractivity contribution is 0.103. The largest absolute Gasteiger partial charge is 0.376 e. The highest BCUT2D eigenvalue weighted by Gasteiger charge is 2.17. The average molecular weight is 234 g/mol. The normalized spacial score (nSPS) is 16.6. The molecule has 0 amide bonds. The van der Waals surface area contributed by atoms with Crippen LogP contribution in [-0.4, -0.2) is 7.11 Å². The van der Waals surface area contributed by atoms with Crippen molar-refractivity contribution in [3.05, 3.63) is 70.8 Å². The van der Waals surface area contributed by atoms with Crippen LogP contribution in [0.25, 0.3) is 0 Å². The van der Waals surface area contributed by atoms with Crippen molar-refractivity contribution in [2.75, 3.05) is 7.11 Å². The maximum atomic E-state index is 5.64. The molecule has 2 aromatic carbocycles. The molecule has 2 aromatic rings. The molecule has 1 nitrogen and oxygen atoms in total. The third-order valence-electron chi connectivity index (χ3n) is 3.35. The van der Waals surface area contributed by atoms with E-state index >= 15 is 0 Å². The highest BCUT2D eigenvalue weighted by Crippen LogP contribution is 2.27. The van der Waals surface area contributed by atoms with Crippen LogP contribution in [0.2, 0.25) is 0 Å². The quantitative estimate of drug-likeness (QED) is 0.688. The number of hydrogen-bond donors (Lipinski definition) is 0. The maximum Gasteiger partial charge on any atom is 0.0873 e. The van der Waals surface area contributed by atoms with E-state index in [9.17, 15) is 0 Å². The van der Waals surface area contributed by atoms with Gasteiger partial charge in [-0.25, -0.2) is 0 Å². The van der Waals surface area contributed by atoms with Gasteiger partial charge in [-0.05, 0) is 23.3 Å². The van der Waals surface area contributed by atoms with Crippen molar-refractivity contribution in [2.45, 2.75) is 12.5 Å². The van der Waals surface area contributed by atoms with Gasteiger partial charge < -0.3 is 4.74 Å². The lowest BCUT2D eigenvalue weighted by Crippen LogP contribution is -2.09. The molecule has 0 spiro atoms. The number of hydrogen-bond acceptors (Lipinski definition) is 1. The summed E-state index contributed by atoms with van der Waals surface area (Å²) in [7, 11) is 1.76. The van der Waals surface area contributed by atoms with Gasteiger partial charge in [-0.1, -0.05) is 48.2 Å². The minimum atomic E-state index is 0.0805. The first kappa shape index (κ1) is 11.1. The predicted octanol–water partition coefficient (Wildman–Crippen LogP) is 3.33. The van der Waals surface area contributed by atoms with Crippen molar-refractivity contribution in [2.24, 2.45) is 0 Å². The van der Waals surface area contributed by atoms with Gasteiger partial charge in [-0.3, -0.25) is 0 Å². The Morgan fingerprint density at radius 2 is 1.61 bits per heavy atom. The number of benzene rings is 2. The Hall–Kier alpha value is -2.04. The van der Waals surface area contributed by atoms with Crippen molar-refractivity contribution in [3.63, 3.8) is 0 Å². The van der Waals surface area contributed by atoms with E-state index in [2.05, 4.69) is 42.2 Å². The molecule has 1 atom stereocenters. The van der Waals surface area contributed by atoms with Crippen LogP contribution in [0.4, 0.5) is 0 Å². The number of rotatable bonds is 1. The molecule has 0 N–H and O–H groups in total. The topological polar surface area (TPSA) is 9.23 Å². The Labute approximate surface area is 107 Å². The van der Waals surface area contributed by atoms with Gasteiger partial charge in [-0.15, -0.1) is 0 Å². The van der Waals surface area contributed by atoms with E-state index in [4.69, 9.17) is 4.74 Å². The van der Waals surface area contributed by atoms with E-state index in [0.29, 0.717) is 0 Å². The van der Waals surface area contributed by atoms with E-state index in [1.54, 1.807) is 7.11 Å². The molecule has 0 radical (unpaired) electrons. The van der Waals surface area contributed by atoms with Gasteiger partial charge in [0.1, 0.15) is 0 Å². The second-order valence-electron chi connectivity index (χ2n) is 4.42. The predicted molar refractivity (Wildman–Crippen MR) is 72.3 cm³/mol. The van der Waals surface area contributed by atoms with Gasteiger partial charge in [0.2, 0.25) is 0 Å². The van der Waals surface area contributed by atoms with Crippen molar-refractivity contribution in [3.8, 4) is 11.8 Å². The van der Waals surface area contributed by atoms with Gasteiger partial charge in [0.15, 0.2) is 0 Å². The summed E-state index contributed by atoms with van der Waals surface area (Å²) in [5.74, 6) is 6.52. The Morgan fingerprint density at radius 1 is 0.944 bits per heavy atom. The van der Waals surface area contributed by atoms with Crippen molar-refractivity contribution in [1.82, 2.24) is 0 Å². The molecule has 18 heavy (non-hydrogen) atoms. The minimum Gasteiger partial charge on any atom is -0.376 e. The molecule has 1 unspecified atom stereocenters. The molecule has 1 aliphatic rings. The molecule has 0 bridgehead atoms. The zero-order chi connectivity index (χ0) is 12.4. The Morgan fingerprint density at radius 3 is 2.44 bits per heavy atom. The highest BCUT2D eigenvalue weighted by molar-refractivity contribution is 5.52. The number of ether oxygens (including phenoxy) is 1. The van der Waals surface area contributed by atoms with E-state index in [-0.39, 0.29) is 6.10 Å². The monoisotopic (exact) mass is 234 g/mol.